The van der Waals surface area contributed by atoms with Gasteiger partial charge in [-0.05, 0) is 95.3 Å². The van der Waals surface area contributed by atoms with Crippen molar-refractivity contribution in [3.05, 3.63) is 36.5 Å². The second kappa shape index (κ2) is 49.4. The fourth-order valence-electron chi connectivity index (χ4n) is 6.39. The van der Waals surface area contributed by atoms with Crippen LogP contribution in [0.3, 0.4) is 0 Å². The summed E-state index contributed by atoms with van der Waals surface area (Å²) in [5.41, 5.74) is 5.06. The standard InChI is InChI=1S/2C16H32.C12H26.C9H18.C2H6/c2*1-4-5-6-7-8-9-10-11-12-13-14-15-16(2)3;1-7-8-12(5,6)10-9-11(2,3)4;1-5-9(4)7-6-8(2)3;1-2/h2*2,4-15H2,1,3H3;7-10H2,1-6H3;9H,2,5-7H2,1,3-4H3;1-2H3. The molecule has 0 bridgehead atoms. The lowest BCUT2D eigenvalue weighted by Crippen LogP contribution is -2.15. The van der Waals surface area contributed by atoms with Gasteiger partial charge in [-0.15, -0.1) is 19.7 Å². The summed E-state index contributed by atoms with van der Waals surface area (Å²) < 4.78 is 0. The SMILES string of the molecule is C=C(C)CCC(C)CC.C=C(C)CCCCCCCCCCCCC.C=C(C)CCCCCCCCCCCCC.CC.CCCC(C)(C)CCC(C)(C)C. The van der Waals surface area contributed by atoms with Crippen LogP contribution in [0.15, 0.2) is 36.5 Å². The van der Waals surface area contributed by atoms with Crippen LogP contribution in [0.5, 0.6) is 0 Å². The molecule has 0 saturated heterocycles. The Hall–Kier alpha value is -0.780. The lowest BCUT2D eigenvalue weighted by Gasteiger charge is -2.28. The summed E-state index contributed by atoms with van der Waals surface area (Å²) in [5.74, 6) is 0.877. The molecule has 0 fully saturated rings. The molecule has 0 aromatic carbocycles. The summed E-state index contributed by atoms with van der Waals surface area (Å²) in [7, 11) is 0. The molecule has 0 aromatic heterocycles. The Morgan fingerprint density at radius 1 is 0.400 bits per heavy atom. The summed E-state index contributed by atoms with van der Waals surface area (Å²) in [6.07, 6.45) is 43.1. The molecule has 0 aliphatic carbocycles. The van der Waals surface area contributed by atoms with Crippen LogP contribution in [-0.2, 0) is 0 Å². The fourth-order valence-corrected chi connectivity index (χ4v) is 6.39. The largest absolute Gasteiger partial charge is 0.100 e. The van der Waals surface area contributed by atoms with Gasteiger partial charge >= 0.3 is 0 Å². The van der Waals surface area contributed by atoms with E-state index in [9.17, 15) is 0 Å². The van der Waals surface area contributed by atoms with Crippen LogP contribution >= 0.6 is 0 Å². The van der Waals surface area contributed by atoms with Gasteiger partial charge in [-0.2, -0.15) is 0 Å². The second-order valence-corrected chi connectivity index (χ2v) is 19.5. The Morgan fingerprint density at radius 2 is 0.691 bits per heavy atom. The molecule has 334 valence electrons. The molecule has 55 heavy (non-hydrogen) atoms. The van der Waals surface area contributed by atoms with Crippen LogP contribution < -0.4 is 0 Å². The Kier molecular flexibility index (Phi) is 56.9. The fraction of sp³-hybridized carbons (Fsp3) is 0.891. The maximum atomic E-state index is 3.94. The third-order valence-electron chi connectivity index (χ3n) is 10.7. The van der Waals surface area contributed by atoms with E-state index in [1.807, 2.05) is 13.8 Å². The first-order chi connectivity index (χ1) is 26.0. The molecule has 0 aromatic rings. The highest BCUT2D eigenvalue weighted by molar-refractivity contribution is 4.88. The highest BCUT2D eigenvalue weighted by Gasteiger charge is 2.20. The number of rotatable bonds is 32. The minimum Gasteiger partial charge on any atom is -0.100 e. The summed E-state index contributed by atoms with van der Waals surface area (Å²) >= 11 is 0. The van der Waals surface area contributed by atoms with Crippen molar-refractivity contribution < 1.29 is 0 Å². The Morgan fingerprint density at radius 3 is 0.927 bits per heavy atom. The van der Waals surface area contributed by atoms with Gasteiger partial charge in [0.15, 0.2) is 0 Å². The van der Waals surface area contributed by atoms with Crippen LogP contribution in [0.2, 0.25) is 0 Å². The quantitative estimate of drug-likeness (QED) is 0.0472. The lowest BCUT2D eigenvalue weighted by atomic mass is 9.78. The molecule has 0 rings (SSSR count). The molecule has 1 unspecified atom stereocenters. The van der Waals surface area contributed by atoms with E-state index in [1.165, 1.54) is 216 Å². The molecule has 0 nitrogen and oxygen atoms in total. The summed E-state index contributed by atoms with van der Waals surface area (Å²) in [4.78, 5) is 0. The summed E-state index contributed by atoms with van der Waals surface area (Å²) in [5, 5.41) is 0. The Bertz CT molecular complexity index is 706. The van der Waals surface area contributed by atoms with E-state index >= 15 is 0 Å². The monoisotopic (exact) mass is 775 g/mol. The van der Waals surface area contributed by atoms with E-state index in [-0.39, 0.29) is 0 Å². The molecular weight excluding hydrogens is 661 g/mol. The minimum atomic E-state index is 0.505. The highest BCUT2D eigenvalue weighted by Crippen LogP contribution is 2.33. The van der Waals surface area contributed by atoms with E-state index in [0.29, 0.717) is 10.8 Å². The molecule has 0 radical (unpaired) electrons. The number of hydrogen-bond donors (Lipinski definition) is 0. The van der Waals surface area contributed by atoms with Gasteiger partial charge in [0.05, 0.1) is 0 Å². The van der Waals surface area contributed by atoms with Crippen molar-refractivity contribution in [2.24, 2.45) is 16.7 Å². The number of allylic oxidation sites excluding steroid dienone is 3. The van der Waals surface area contributed by atoms with Gasteiger partial charge < -0.3 is 0 Å². The van der Waals surface area contributed by atoms with Crippen LogP contribution in [0, 0.1) is 16.7 Å². The highest BCUT2D eigenvalue weighted by atomic mass is 14.3. The zero-order valence-electron chi connectivity index (χ0n) is 42.1. The van der Waals surface area contributed by atoms with Gasteiger partial charge in [-0.1, -0.05) is 241 Å². The van der Waals surface area contributed by atoms with Gasteiger partial charge in [-0.3, -0.25) is 0 Å². The third-order valence-corrected chi connectivity index (χ3v) is 10.7. The number of unbranched alkanes of at least 4 members (excludes halogenated alkanes) is 20. The van der Waals surface area contributed by atoms with E-state index in [0.717, 1.165) is 5.92 Å². The minimum absolute atomic E-state index is 0.505. The van der Waals surface area contributed by atoms with Crippen molar-refractivity contribution in [3.8, 4) is 0 Å². The number of hydrogen-bond acceptors (Lipinski definition) is 0. The van der Waals surface area contributed by atoms with E-state index in [2.05, 4.69) is 110 Å². The second-order valence-electron chi connectivity index (χ2n) is 19.5. The first-order valence-corrected chi connectivity index (χ1v) is 24.9. The smallest absolute Gasteiger partial charge is 0.0323 e. The van der Waals surface area contributed by atoms with Gasteiger partial charge in [0.1, 0.15) is 0 Å². The van der Waals surface area contributed by atoms with Crippen LogP contribution in [0.25, 0.3) is 0 Å². The third kappa shape index (κ3) is 74.7. The van der Waals surface area contributed by atoms with Crippen molar-refractivity contribution in [2.75, 3.05) is 0 Å². The zero-order valence-corrected chi connectivity index (χ0v) is 42.1. The van der Waals surface area contributed by atoms with Crippen molar-refractivity contribution in [2.45, 2.75) is 303 Å². The summed E-state index contributed by atoms with van der Waals surface area (Å²) in [6, 6.07) is 0. The molecular formula is C55H114. The van der Waals surface area contributed by atoms with E-state index < -0.39 is 0 Å². The van der Waals surface area contributed by atoms with Gasteiger partial charge in [0.25, 0.3) is 0 Å². The average Bonchev–Trinajstić information content (AvgIpc) is 3.12. The Balaban J connectivity index is -0.000000203. The van der Waals surface area contributed by atoms with Crippen molar-refractivity contribution in [1.29, 1.82) is 0 Å². The van der Waals surface area contributed by atoms with E-state index in [4.69, 9.17) is 0 Å². The predicted octanol–water partition coefficient (Wildman–Crippen LogP) is 21.6. The molecule has 0 saturated carbocycles. The maximum absolute atomic E-state index is 3.94. The molecule has 0 aliphatic rings. The van der Waals surface area contributed by atoms with Crippen LogP contribution in [-0.4, -0.2) is 0 Å². The molecule has 0 spiro atoms. The molecule has 0 N–H and O–H groups in total. The van der Waals surface area contributed by atoms with Crippen molar-refractivity contribution >= 4 is 0 Å². The topological polar surface area (TPSA) is 0 Å². The van der Waals surface area contributed by atoms with E-state index in [1.54, 1.807) is 0 Å². The first kappa shape index (κ1) is 63.4. The molecule has 0 heteroatoms. The molecule has 0 amide bonds. The molecule has 0 aliphatic heterocycles. The van der Waals surface area contributed by atoms with Gasteiger partial charge in [0, 0.05) is 0 Å². The van der Waals surface area contributed by atoms with Crippen LogP contribution in [0.1, 0.15) is 303 Å². The Labute approximate surface area is 354 Å². The van der Waals surface area contributed by atoms with Crippen molar-refractivity contribution in [3.63, 3.8) is 0 Å². The van der Waals surface area contributed by atoms with Gasteiger partial charge in [-0.25, -0.2) is 0 Å². The zero-order chi connectivity index (χ0) is 43.2. The average molecular weight is 776 g/mol. The summed E-state index contributed by atoms with van der Waals surface area (Å²) in [6.45, 7) is 45.3. The van der Waals surface area contributed by atoms with Crippen LogP contribution in [0.4, 0.5) is 0 Å². The van der Waals surface area contributed by atoms with Crippen molar-refractivity contribution in [1.82, 2.24) is 0 Å². The first-order valence-electron chi connectivity index (χ1n) is 24.9. The molecule has 0 heterocycles. The normalized spacial score (nSPS) is 11.4. The predicted molar refractivity (Wildman–Crippen MR) is 264 cm³/mol. The van der Waals surface area contributed by atoms with Gasteiger partial charge in [0.2, 0.25) is 0 Å². The maximum Gasteiger partial charge on any atom is -0.0323 e. The lowest BCUT2D eigenvalue weighted by molar-refractivity contribution is 0.239. The molecule has 1 atom stereocenters.